The molecule has 64 valence electrons. The number of nitriles is 1. The molecule has 0 aromatic carbocycles. The van der Waals surface area contributed by atoms with Crippen LogP contribution in [0.15, 0.2) is 12.7 Å². The van der Waals surface area contributed by atoms with Crippen LogP contribution in [0, 0.1) is 11.3 Å². The second-order valence-corrected chi connectivity index (χ2v) is 2.28. The molecule has 0 radical (unpaired) electrons. The van der Waals surface area contributed by atoms with Crippen LogP contribution in [-0.2, 0) is 0 Å². The Morgan fingerprint density at radius 3 is 2.18 bits per heavy atom. The van der Waals surface area contributed by atoms with Crippen molar-refractivity contribution >= 4 is 0 Å². The number of hydrogen-bond donors (Lipinski definition) is 1. The first-order valence-corrected chi connectivity index (χ1v) is 3.54. The van der Waals surface area contributed by atoms with Crippen LogP contribution >= 0.6 is 0 Å². The Morgan fingerprint density at radius 1 is 1.64 bits per heavy atom. The molecule has 2 N–H and O–H groups in total. The summed E-state index contributed by atoms with van der Waals surface area (Å²) < 4.78 is 0. The Labute approximate surface area is 69.1 Å². The predicted molar refractivity (Wildman–Crippen MR) is 48.0 cm³/mol. The van der Waals surface area contributed by atoms with E-state index in [1.807, 2.05) is 0 Å². The number of rotatable bonds is 3. The molecule has 0 aromatic heterocycles. The third kappa shape index (κ3) is 27.2. The summed E-state index contributed by atoms with van der Waals surface area (Å²) in [6, 6.07) is 1.69. The molecule has 3 nitrogen and oxygen atoms in total. The van der Waals surface area contributed by atoms with Crippen LogP contribution in [0.5, 0.6) is 0 Å². The SMILES string of the molecule is C=CC#N.CN(C)CCCN. The summed E-state index contributed by atoms with van der Waals surface area (Å²) in [7, 11) is 4.10. The van der Waals surface area contributed by atoms with Gasteiger partial charge in [0.15, 0.2) is 0 Å². The van der Waals surface area contributed by atoms with Crippen LogP contribution in [0.4, 0.5) is 0 Å². The largest absolute Gasteiger partial charge is 0.330 e. The molecular weight excluding hydrogens is 138 g/mol. The number of hydrogen-bond acceptors (Lipinski definition) is 3. The van der Waals surface area contributed by atoms with Crippen molar-refractivity contribution in [3.05, 3.63) is 12.7 Å². The van der Waals surface area contributed by atoms with Crippen LogP contribution in [-0.4, -0.2) is 32.1 Å². The van der Waals surface area contributed by atoms with Gasteiger partial charge in [0, 0.05) is 6.08 Å². The first-order valence-electron chi connectivity index (χ1n) is 3.54. The van der Waals surface area contributed by atoms with Crippen molar-refractivity contribution in [3.8, 4) is 6.07 Å². The van der Waals surface area contributed by atoms with Gasteiger partial charge >= 0.3 is 0 Å². The monoisotopic (exact) mass is 155 g/mol. The Hall–Kier alpha value is -0.850. The van der Waals surface area contributed by atoms with E-state index in [1.165, 1.54) is 6.08 Å². The molecule has 0 spiro atoms. The van der Waals surface area contributed by atoms with E-state index in [-0.39, 0.29) is 0 Å². The van der Waals surface area contributed by atoms with Crippen molar-refractivity contribution in [1.29, 1.82) is 5.26 Å². The fourth-order valence-electron chi connectivity index (χ4n) is 0.408. The van der Waals surface area contributed by atoms with E-state index < -0.39 is 0 Å². The topological polar surface area (TPSA) is 53.0 Å². The Bertz CT molecular complexity index is 113. The zero-order valence-electron chi connectivity index (χ0n) is 7.38. The van der Waals surface area contributed by atoms with Gasteiger partial charge in [-0.25, -0.2) is 0 Å². The summed E-state index contributed by atoms with van der Waals surface area (Å²) in [6.07, 6.45) is 2.28. The molecule has 0 saturated carbocycles. The summed E-state index contributed by atoms with van der Waals surface area (Å²) in [4.78, 5) is 2.13. The molecule has 11 heavy (non-hydrogen) atoms. The average Bonchev–Trinajstić information content (AvgIpc) is 2.01. The summed E-state index contributed by atoms with van der Waals surface area (Å²) in [6.45, 7) is 5.03. The Morgan fingerprint density at radius 2 is 2.09 bits per heavy atom. The molecule has 0 aromatic rings. The van der Waals surface area contributed by atoms with Crippen LogP contribution in [0.2, 0.25) is 0 Å². The molecule has 0 heterocycles. The minimum atomic E-state index is 0.804. The van der Waals surface area contributed by atoms with Crippen molar-refractivity contribution in [2.24, 2.45) is 5.73 Å². The molecule has 0 aliphatic rings. The maximum Gasteiger partial charge on any atom is 0.0905 e. The lowest BCUT2D eigenvalue weighted by molar-refractivity contribution is 0.403. The smallest absolute Gasteiger partial charge is 0.0905 e. The van der Waals surface area contributed by atoms with Crippen molar-refractivity contribution in [1.82, 2.24) is 4.90 Å². The maximum absolute atomic E-state index is 7.51. The van der Waals surface area contributed by atoms with Gasteiger partial charge < -0.3 is 10.6 Å². The standard InChI is InChI=1S/C5H14N2.C3H3N/c1-7(2)5-3-4-6;1-2-3-4/h3-6H2,1-2H3;2H,1H2. The average molecular weight is 155 g/mol. The van der Waals surface area contributed by atoms with Gasteiger partial charge in [0.25, 0.3) is 0 Å². The number of nitrogens with zero attached hydrogens (tertiary/aromatic N) is 2. The highest BCUT2D eigenvalue weighted by atomic mass is 15.0. The molecular formula is C8H17N3. The lowest BCUT2D eigenvalue weighted by atomic mass is 10.4. The van der Waals surface area contributed by atoms with Gasteiger partial charge in [-0.3, -0.25) is 0 Å². The Kier molecular flexibility index (Phi) is 13.8. The van der Waals surface area contributed by atoms with Crippen LogP contribution in [0.1, 0.15) is 6.42 Å². The van der Waals surface area contributed by atoms with E-state index in [2.05, 4.69) is 25.6 Å². The molecule has 0 bridgehead atoms. The zero-order valence-corrected chi connectivity index (χ0v) is 7.38. The molecule has 0 amide bonds. The van der Waals surface area contributed by atoms with Crippen LogP contribution < -0.4 is 5.73 Å². The highest BCUT2D eigenvalue weighted by Crippen LogP contribution is 1.76. The van der Waals surface area contributed by atoms with Gasteiger partial charge in [0.05, 0.1) is 6.07 Å². The van der Waals surface area contributed by atoms with E-state index >= 15 is 0 Å². The van der Waals surface area contributed by atoms with Crippen molar-refractivity contribution in [2.75, 3.05) is 27.2 Å². The van der Waals surface area contributed by atoms with Gasteiger partial charge in [0.1, 0.15) is 0 Å². The minimum Gasteiger partial charge on any atom is -0.330 e. The van der Waals surface area contributed by atoms with Gasteiger partial charge in [-0.15, -0.1) is 0 Å². The third-order valence-electron chi connectivity index (χ3n) is 0.901. The molecule has 0 aliphatic heterocycles. The quantitative estimate of drug-likeness (QED) is 0.607. The molecule has 0 unspecified atom stereocenters. The van der Waals surface area contributed by atoms with Gasteiger partial charge in [0.2, 0.25) is 0 Å². The third-order valence-corrected chi connectivity index (χ3v) is 0.901. The summed E-state index contributed by atoms with van der Waals surface area (Å²) >= 11 is 0. The fourth-order valence-corrected chi connectivity index (χ4v) is 0.408. The maximum atomic E-state index is 7.51. The molecule has 0 atom stereocenters. The van der Waals surface area contributed by atoms with E-state index in [1.54, 1.807) is 6.07 Å². The Balaban J connectivity index is 0. The zero-order chi connectivity index (χ0) is 9.11. The summed E-state index contributed by atoms with van der Waals surface area (Å²) in [5.41, 5.74) is 5.25. The molecule has 0 saturated heterocycles. The van der Waals surface area contributed by atoms with E-state index in [0.717, 1.165) is 19.5 Å². The van der Waals surface area contributed by atoms with E-state index in [0.29, 0.717) is 0 Å². The lowest BCUT2D eigenvalue weighted by Crippen LogP contribution is -2.16. The van der Waals surface area contributed by atoms with Crippen LogP contribution in [0.3, 0.4) is 0 Å². The van der Waals surface area contributed by atoms with Crippen LogP contribution in [0.25, 0.3) is 0 Å². The normalized spacial score (nSPS) is 7.91. The number of allylic oxidation sites excluding steroid dienone is 1. The van der Waals surface area contributed by atoms with Crippen molar-refractivity contribution < 1.29 is 0 Å². The molecule has 0 aliphatic carbocycles. The van der Waals surface area contributed by atoms with Gasteiger partial charge in [-0.05, 0) is 33.6 Å². The van der Waals surface area contributed by atoms with Gasteiger partial charge in [-0.2, -0.15) is 5.26 Å². The molecule has 0 fully saturated rings. The van der Waals surface area contributed by atoms with Crippen molar-refractivity contribution in [2.45, 2.75) is 6.42 Å². The highest BCUT2D eigenvalue weighted by molar-refractivity contribution is 4.93. The predicted octanol–water partition coefficient (Wildman–Crippen LogP) is 0.593. The lowest BCUT2D eigenvalue weighted by Gasteiger charge is -2.05. The van der Waals surface area contributed by atoms with E-state index in [4.69, 9.17) is 11.0 Å². The summed E-state index contributed by atoms with van der Waals surface area (Å²) in [5, 5.41) is 7.51. The molecule has 0 rings (SSSR count). The number of nitrogens with two attached hydrogens (primary N) is 1. The van der Waals surface area contributed by atoms with E-state index in [9.17, 15) is 0 Å². The second kappa shape index (κ2) is 11.9. The van der Waals surface area contributed by atoms with Gasteiger partial charge in [-0.1, -0.05) is 6.58 Å². The summed E-state index contributed by atoms with van der Waals surface area (Å²) in [5.74, 6) is 0. The van der Waals surface area contributed by atoms with Crippen molar-refractivity contribution in [3.63, 3.8) is 0 Å². The molecule has 3 heteroatoms. The minimum absolute atomic E-state index is 0.804. The first kappa shape index (κ1) is 12.8. The second-order valence-electron chi connectivity index (χ2n) is 2.28. The fraction of sp³-hybridized carbons (Fsp3) is 0.625. The first-order chi connectivity index (χ1) is 5.18. The highest BCUT2D eigenvalue weighted by Gasteiger charge is 1.83.